The van der Waals surface area contributed by atoms with Crippen molar-refractivity contribution < 1.29 is 18.3 Å². The summed E-state index contributed by atoms with van der Waals surface area (Å²) in [5.41, 5.74) is 1.14. The molecular weight excluding hydrogens is 532 g/mol. The molecule has 13 heteroatoms. The minimum atomic E-state index is -1.06. The molecule has 4 aromatic rings. The van der Waals surface area contributed by atoms with Crippen LogP contribution in [0.1, 0.15) is 67.1 Å². The first-order valence-corrected chi connectivity index (χ1v) is 13.1. The zero-order valence-corrected chi connectivity index (χ0v) is 22.8. The Morgan fingerprint density at radius 3 is 2.63 bits per heavy atom. The SMILES string of the molecule is CO[C@]1(C(=O)N[C@@H](C)c2ccc(-n3cc(F)cn3)nc2)CC[C@H](c2nc(Nc3cc(C)[nH]n3)c(F)cc2C#N)CC1. The van der Waals surface area contributed by atoms with Crippen LogP contribution in [0, 0.1) is 29.9 Å². The largest absolute Gasteiger partial charge is 0.368 e. The molecule has 41 heavy (non-hydrogen) atoms. The van der Waals surface area contributed by atoms with Gasteiger partial charge in [0.1, 0.15) is 11.7 Å². The van der Waals surface area contributed by atoms with Crippen LogP contribution in [-0.4, -0.2) is 48.6 Å². The number of hydrogen-bond donors (Lipinski definition) is 3. The van der Waals surface area contributed by atoms with Crippen molar-refractivity contribution in [1.82, 2.24) is 35.3 Å². The number of nitriles is 1. The second kappa shape index (κ2) is 11.4. The lowest BCUT2D eigenvalue weighted by Crippen LogP contribution is -2.50. The van der Waals surface area contributed by atoms with Crippen molar-refractivity contribution in [2.75, 3.05) is 12.4 Å². The van der Waals surface area contributed by atoms with Crippen LogP contribution in [0.15, 0.2) is 42.9 Å². The Kier molecular flexibility index (Phi) is 7.76. The molecule has 1 atom stereocenters. The number of aryl methyl sites for hydroxylation is 1. The summed E-state index contributed by atoms with van der Waals surface area (Å²) in [5, 5.41) is 26.3. The maximum absolute atomic E-state index is 14.7. The van der Waals surface area contributed by atoms with Crippen molar-refractivity contribution >= 4 is 17.5 Å². The Hall–Kier alpha value is -4.70. The van der Waals surface area contributed by atoms with Gasteiger partial charge in [-0.05, 0) is 57.2 Å². The molecule has 1 saturated carbocycles. The summed E-state index contributed by atoms with van der Waals surface area (Å²) >= 11 is 0. The number of hydrogen-bond acceptors (Lipinski definition) is 8. The third kappa shape index (κ3) is 5.78. The number of halogens is 2. The maximum Gasteiger partial charge on any atom is 0.252 e. The van der Waals surface area contributed by atoms with E-state index in [1.165, 1.54) is 24.1 Å². The number of nitrogens with one attached hydrogen (secondary N) is 3. The molecule has 3 N–H and O–H groups in total. The van der Waals surface area contributed by atoms with Crippen LogP contribution < -0.4 is 10.6 Å². The monoisotopic (exact) mass is 561 g/mol. The molecule has 0 unspecified atom stereocenters. The summed E-state index contributed by atoms with van der Waals surface area (Å²) in [7, 11) is 1.51. The molecule has 0 aromatic carbocycles. The molecule has 0 radical (unpaired) electrons. The molecule has 4 aromatic heterocycles. The van der Waals surface area contributed by atoms with Gasteiger partial charge in [-0.2, -0.15) is 15.5 Å². The first-order valence-electron chi connectivity index (χ1n) is 13.1. The predicted molar refractivity (Wildman–Crippen MR) is 144 cm³/mol. The molecule has 212 valence electrons. The Labute approximate surface area is 235 Å². The number of aromatic amines is 1. The molecule has 1 fully saturated rings. The van der Waals surface area contributed by atoms with Crippen LogP contribution in [0.4, 0.5) is 20.4 Å². The number of ether oxygens (including phenoxy) is 1. The van der Waals surface area contributed by atoms with E-state index in [9.17, 15) is 18.8 Å². The van der Waals surface area contributed by atoms with Gasteiger partial charge in [0, 0.05) is 31.0 Å². The van der Waals surface area contributed by atoms with Crippen LogP contribution in [-0.2, 0) is 9.53 Å². The van der Waals surface area contributed by atoms with Crippen molar-refractivity contribution in [3.05, 3.63) is 77.0 Å². The summed E-state index contributed by atoms with van der Waals surface area (Å²) in [5.74, 6) is -0.684. The zero-order valence-electron chi connectivity index (χ0n) is 22.8. The number of aromatic nitrogens is 6. The molecule has 0 spiro atoms. The van der Waals surface area contributed by atoms with E-state index in [1.807, 2.05) is 13.8 Å². The number of rotatable bonds is 8. The predicted octanol–water partition coefficient (Wildman–Crippen LogP) is 4.51. The lowest BCUT2D eigenvalue weighted by Gasteiger charge is -2.38. The van der Waals surface area contributed by atoms with Gasteiger partial charge in [0.15, 0.2) is 29.1 Å². The summed E-state index contributed by atoms with van der Waals surface area (Å²) in [6.07, 6.45) is 5.74. The van der Waals surface area contributed by atoms with E-state index in [0.717, 1.165) is 17.5 Å². The normalized spacial score (nSPS) is 19.4. The molecule has 1 aliphatic carbocycles. The summed E-state index contributed by atoms with van der Waals surface area (Å²) in [4.78, 5) is 22.2. The highest BCUT2D eigenvalue weighted by Gasteiger charge is 2.43. The van der Waals surface area contributed by atoms with Crippen LogP contribution in [0.25, 0.3) is 5.82 Å². The second-order valence-electron chi connectivity index (χ2n) is 10.1. The number of anilines is 2. The first-order chi connectivity index (χ1) is 19.7. The highest BCUT2D eigenvalue weighted by molar-refractivity contribution is 5.85. The molecule has 0 bridgehead atoms. The Bertz CT molecular complexity index is 1580. The summed E-state index contributed by atoms with van der Waals surface area (Å²) in [6, 6.07) is 8.07. The van der Waals surface area contributed by atoms with Crippen molar-refractivity contribution in [2.24, 2.45) is 0 Å². The van der Waals surface area contributed by atoms with Crippen LogP contribution in [0.5, 0.6) is 0 Å². The van der Waals surface area contributed by atoms with E-state index < -0.39 is 17.2 Å². The minimum Gasteiger partial charge on any atom is -0.368 e. The number of carbonyl (C=O) groups is 1. The van der Waals surface area contributed by atoms with Crippen LogP contribution >= 0.6 is 0 Å². The summed E-state index contributed by atoms with van der Waals surface area (Å²) in [6.45, 7) is 3.67. The Balaban J connectivity index is 1.26. The number of nitrogens with zero attached hydrogens (tertiary/aromatic N) is 6. The van der Waals surface area contributed by atoms with Gasteiger partial charge in [-0.25, -0.2) is 23.4 Å². The molecule has 1 aliphatic rings. The smallest absolute Gasteiger partial charge is 0.252 e. The van der Waals surface area contributed by atoms with Gasteiger partial charge in [0.2, 0.25) is 0 Å². The molecular formula is C28H29F2N9O2. The third-order valence-corrected chi connectivity index (χ3v) is 7.47. The van der Waals surface area contributed by atoms with Gasteiger partial charge in [-0.3, -0.25) is 9.89 Å². The molecule has 1 amide bonds. The van der Waals surface area contributed by atoms with Crippen molar-refractivity contribution in [3.8, 4) is 11.9 Å². The molecule has 0 aliphatic heterocycles. The minimum absolute atomic E-state index is 0.0158. The van der Waals surface area contributed by atoms with E-state index in [0.29, 0.717) is 43.0 Å². The van der Waals surface area contributed by atoms with E-state index in [2.05, 4.69) is 42.0 Å². The first kappa shape index (κ1) is 27.9. The van der Waals surface area contributed by atoms with Crippen molar-refractivity contribution in [2.45, 2.75) is 57.1 Å². The standard InChI is InChI=1S/C28H29F2N9O2/c1-16-10-23(38-37-16)35-26-22(30)11-20(12-31)25(36-26)18-6-8-28(41-3,9-7-18)27(40)34-17(2)19-4-5-24(32-13-19)39-15-21(29)14-33-39/h4-5,10-11,13-15,17-18H,6-9H2,1-3H3,(H,34,40)(H2,35,36,37,38)/t17-,18-,28+/m0/s1. The number of methoxy groups -OCH3 is 1. The highest BCUT2D eigenvalue weighted by atomic mass is 19.1. The number of carbonyl (C=O) groups excluding carboxylic acids is 1. The summed E-state index contributed by atoms with van der Waals surface area (Å²) < 4.78 is 35.1. The number of pyridine rings is 2. The van der Waals surface area contributed by atoms with Crippen molar-refractivity contribution in [3.63, 3.8) is 0 Å². The van der Waals surface area contributed by atoms with E-state index in [1.54, 1.807) is 24.4 Å². The van der Waals surface area contributed by atoms with Gasteiger partial charge >= 0.3 is 0 Å². The number of amides is 1. The van der Waals surface area contributed by atoms with E-state index in [4.69, 9.17) is 4.74 Å². The Morgan fingerprint density at radius 1 is 1.27 bits per heavy atom. The fourth-order valence-corrected chi connectivity index (χ4v) is 5.10. The topological polar surface area (TPSA) is 146 Å². The van der Waals surface area contributed by atoms with Gasteiger partial charge in [0.25, 0.3) is 5.91 Å². The molecule has 11 nitrogen and oxygen atoms in total. The van der Waals surface area contributed by atoms with Crippen LogP contribution in [0.3, 0.4) is 0 Å². The van der Waals surface area contributed by atoms with Crippen molar-refractivity contribution in [1.29, 1.82) is 5.26 Å². The lowest BCUT2D eigenvalue weighted by atomic mass is 9.76. The fourth-order valence-electron chi connectivity index (χ4n) is 5.10. The average molecular weight is 562 g/mol. The third-order valence-electron chi connectivity index (χ3n) is 7.47. The zero-order chi connectivity index (χ0) is 29.1. The highest BCUT2D eigenvalue weighted by Crippen LogP contribution is 2.41. The average Bonchev–Trinajstić information content (AvgIpc) is 3.61. The number of H-pyrrole nitrogens is 1. The Morgan fingerprint density at radius 2 is 2.05 bits per heavy atom. The van der Waals surface area contributed by atoms with E-state index in [-0.39, 0.29) is 29.2 Å². The van der Waals surface area contributed by atoms with Crippen LogP contribution in [0.2, 0.25) is 0 Å². The van der Waals surface area contributed by atoms with E-state index >= 15 is 0 Å². The van der Waals surface area contributed by atoms with Gasteiger partial charge in [0.05, 0.1) is 29.7 Å². The molecule has 0 saturated heterocycles. The second-order valence-corrected chi connectivity index (χ2v) is 10.1. The van der Waals surface area contributed by atoms with Gasteiger partial charge in [-0.15, -0.1) is 0 Å². The molecule has 4 heterocycles. The molecule has 5 rings (SSSR count). The van der Waals surface area contributed by atoms with Gasteiger partial charge < -0.3 is 15.4 Å². The quantitative estimate of drug-likeness (QED) is 0.285. The van der Waals surface area contributed by atoms with Gasteiger partial charge in [-0.1, -0.05) is 6.07 Å². The maximum atomic E-state index is 14.7. The lowest BCUT2D eigenvalue weighted by molar-refractivity contribution is -0.148. The fraction of sp³-hybridized carbons (Fsp3) is 0.357.